The van der Waals surface area contributed by atoms with Gasteiger partial charge in [-0.2, -0.15) is 0 Å². The van der Waals surface area contributed by atoms with E-state index in [-0.39, 0.29) is 34.8 Å². The Morgan fingerprint density at radius 2 is 1.80 bits per heavy atom. The van der Waals surface area contributed by atoms with E-state index in [1.165, 1.54) is 30.3 Å². The molecule has 0 saturated heterocycles. The summed E-state index contributed by atoms with van der Waals surface area (Å²) < 4.78 is 4.66. The summed E-state index contributed by atoms with van der Waals surface area (Å²) in [5.41, 5.74) is 5.85. The van der Waals surface area contributed by atoms with Crippen LogP contribution in [0.3, 0.4) is 0 Å². The highest BCUT2D eigenvalue weighted by Gasteiger charge is 2.18. The number of hydrogen-bond acceptors (Lipinski definition) is 6. The predicted octanol–water partition coefficient (Wildman–Crippen LogP) is 1.45. The van der Waals surface area contributed by atoms with E-state index in [4.69, 9.17) is 5.73 Å². The summed E-state index contributed by atoms with van der Waals surface area (Å²) >= 11 is 0. The summed E-state index contributed by atoms with van der Waals surface area (Å²) in [6.07, 6.45) is 0. The quantitative estimate of drug-likeness (QED) is 0.442. The fourth-order valence-electron chi connectivity index (χ4n) is 1.73. The molecule has 0 unspecified atom stereocenters. The van der Waals surface area contributed by atoms with Crippen LogP contribution in [-0.4, -0.2) is 22.5 Å². The Balaban J connectivity index is 2.50. The Bertz CT molecular complexity index is 681. The van der Waals surface area contributed by atoms with Crippen molar-refractivity contribution >= 4 is 17.9 Å². The van der Waals surface area contributed by atoms with Gasteiger partial charge in [-0.1, -0.05) is 0 Å². The molecule has 2 rings (SSSR count). The minimum absolute atomic E-state index is 0.0145. The van der Waals surface area contributed by atoms with E-state index in [2.05, 4.69) is 4.74 Å². The van der Waals surface area contributed by atoms with E-state index in [0.29, 0.717) is 5.69 Å². The van der Waals surface area contributed by atoms with Crippen LogP contribution in [0.1, 0.15) is 15.9 Å². The van der Waals surface area contributed by atoms with Gasteiger partial charge in [-0.3, -0.25) is 9.59 Å². The number of rotatable bonds is 4. The lowest BCUT2D eigenvalue weighted by molar-refractivity contribution is -0.120. The number of phenolic OH excluding ortho intramolecular Hbond substituents is 2. The van der Waals surface area contributed by atoms with Crippen LogP contribution < -0.4 is 10.5 Å². The third-order valence-corrected chi connectivity index (χ3v) is 2.65. The molecule has 0 fully saturated rings. The number of carbonyl (C=O) groups excluding carboxylic acids is 2. The number of nitrogen functional groups attached to an aromatic ring is 1. The maximum Gasteiger partial charge on any atom is 0.298 e. The lowest BCUT2D eigenvalue weighted by Crippen LogP contribution is -2.05. The average Bonchev–Trinajstić information content (AvgIpc) is 2.38. The number of ketones is 1. The van der Waals surface area contributed by atoms with Crippen LogP contribution in [0.15, 0.2) is 36.4 Å². The smallest absolute Gasteiger partial charge is 0.298 e. The van der Waals surface area contributed by atoms with Crippen LogP contribution >= 0.6 is 0 Å². The van der Waals surface area contributed by atoms with Crippen LogP contribution in [0.2, 0.25) is 0 Å². The first-order valence-corrected chi connectivity index (χ1v) is 5.59. The largest absolute Gasteiger partial charge is 0.508 e. The van der Waals surface area contributed by atoms with Crippen molar-refractivity contribution in [3.63, 3.8) is 0 Å². The van der Waals surface area contributed by atoms with Gasteiger partial charge < -0.3 is 20.7 Å². The minimum atomic E-state index is -0.556. The molecule has 6 nitrogen and oxygen atoms in total. The van der Waals surface area contributed by atoms with Crippen LogP contribution in [0.5, 0.6) is 17.2 Å². The van der Waals surface area contributed by atoms with Crippen LogP contribution in [0, 0.1) is 0 Å². The van der Waals surface area contributed by atoms with E-state index in [1.54, 1.807) is 0 Å². The summed E-state index contributed by atoms with van der Waals surface area (Å²) in [6, 6.07) is 7.79. The van der Waals surface area contributed by atoms with E-state index in [1.807, 2.05) is 0 Å². The Morgan fingerprint density at radius 3 is 2.45 bits per heavy atom. The molecule has 0 saturated carbocycles. The molecule has 2 aromatic carbocycles. The molecule has 6 heteroatoms. The molecule has 0 atom stereocenters. The summed E-state index contributed by atoms with van der Waals surface area (Å²) in [7, 11) is 0. The Labute approximate surface area is 114 Å². The molecule has 0 aliphatic carbocycles. The van der Waals surface area contributed by atoms with E-state index < -0.39 is 5.78 Å². The second kappa shape index (κ2) is 5.31. The lowest BCUT2D eigenvalue weighted by Gasteiger charge is -2.08. The molecule has 0 amide bonds. The van der Waals surface area contributed by atoms with Gasteiger partial charge in [0.2, 0.25) is 0 Å². The molecular weight excluding hydrogens is 262 g/mol. The summed E-state index contributed by atoms with van der Waals surface area (Å²) in [5, 5.41) is 19.1. The number of ether oxygens (including phenoxy) is 1. The predicted molar refractivity (Wildman–Crippen MR) is 70.8 cm³/mol. The second-order valence-corrected chi connectivity index (χ2v) is 4.00. The first-order chi connectivity index (χ1) is 9.52. The maximum absolute atomic E-state index is 12.3. The number of benzene rings is 2. The van der Waals surface area contributed by atoms with Gasteiger partial charge in [-0.25, -0.2) is 0 Å². The van der Waals surface area contributed by atoms with Crippen molar-refractivity contribution in [3.8, 4) is 17.2 Å². The summed E-state index contributed by atoms with van der Waals surface area (Å²) in [4.78, 5) is 22.7. The standard InChI is InChI=1S/C14H11NO5/c15-8-1-3-10(12(18)5-8)14(19)11-4-2-9(17)6-13(11)20-7-16/h1-7,17-18H,15H2. The van der Waals surface area contributed by atoms with Crippen molar-refractivity contribution < 1.29 is 24.5 Å². The monoisotopic (exact) mass is 273 g/mol. The Morgan fingerprint density at radius 1 is 1.10 bits per heavy atom. The van der Waals surface area contributed by atoms with Gasteiger partial charge >= 0.3 is 0 Å². The molecule has 0 aliphatic heterocycles. The third-order valence-electron chi connectivity index (χ3n) is 2.65. The Hall–Kier alpha value is -3.02. The van der Waals surface area contributed by atoms with Crippen molar-refractivity contribution in [2.24, 2.45) is 0 Å². The van der Waals surface area contributed by atoms with Gasteiger partial charge in [0.05, 0.1) is 11.1 Å². The molecule has 4 N–H and O–H groups in total. The van der Waals surface area contributed by atoms with Gasteiger partial charge in [0.25, 0.3) is 6.47 Å². The van der Waals surface area contributed by atoms with Crippen molar-refractivity contribution in [2.45, 2.75) is 0 Å². The number of phenols is 2. The molecule has 102 valence electrons. The van der Waals surface area contributed by atoms with E-state index in [9.17, 15) is 19.8 Å². The number of hydrogen-bond donors (Lipinski definition) is 3. The zero-order valence-electron chi connectivity index (χ0n) is 10.2. The van der Waals surface area contributed by atoms with E-state index in [0.717, 1.165) is 6.07 Å². The molecule has 20 heavy (non-hydrogen) atoms. The first-order valence-electron chi connectivity index (χ1n) is 5.59. The fourth-order valence-corrected chi connectivity index (χ4v) is 1.73. The molecule has 0 spiro atoms. The van der Waals surface area contributed by atoms with Gasteiger partial charge in [0.1, 0.15) is 17.2 Å². The van der Waals surface area contributed by atoms with Crippen LogP contribution in [0.25, 0.3) is 0 Å². The molecule has 0 bridgehead atoms. The van der Waals surface area contributed by atoms with Gasteiger partial charge in [0, 0.05) is 17.8 Å². The molecule has 0 heterocycles. The van der Waals surface area contributed by atoms with E-state index >= 15 is 0 Å². The Kier molecular flexibility index (Phi) is 3.56. The third kappa shape index (κ3) is 2.54. The SMILES string of the molecule is Nc1ccc(C(=O)c2ccc(O)cc2OC=O)c(O)c1. The minimum Gasteiger partial charge on any atom is -0.508 e. The number of nitrogens with two attached hydrogens (primary N) is 1. The number of carbonyl (C=O) groups is 2. The molecular formula is C14H11NO5. The van der Waals surface area contributed by atoms with Crippen molar-refractivity contribution in [3.05, 3.63) is 47.5 Å². The maximum atomic E-state index is 12.3. The normalized spacial score (nSPS) is 10.0. The zero-order chi connectivity index (χ0) is 14.7. The van der Waals surface area contributed by atoms with Gasteiger partial charge in [0.15, 0.2) is 5.78 Å². The summed E-state index contributed by atoms with van der Waals surface area (Å²) in [6.45, 7) is 0.147. The van der Waals surface area contributed by atoms with Gasteiger partial charge in [-0.05, 0) is 24.3 Å². The first kappa shape index (κ1) is 13.4. The lowest BCUT2D eigenvalue weighted by atomic mass is 10.0. The number of anilines is 1. The van der Waals surface area contributed by atoms with Crippen LogP contribution in [0.4, 0.5) is 5.69 Å². The van der Waals surface area contributed by atoms with Crippen LogP contribution in [-0.2, 0) is 4.79 Å². The fraction of sp³-hybridized carbons (Fsp3) is 0. The zero-order valence-corrected chi connectivity index (χ0v) is 10.2. The van der Waals surface area contributed by atoms with Crippen molar-refractivity contribution in [2.75, 3.05) is 5.73 Å². The second-order valence-electron chi connectivity index (χ2n) is 4.00. The molecule has 0 radical (unpaired) electrons. The van der Waals surface area contributed by atoms with Crippen molar-refractivity contribution in [1.29, 1.82) is 0 Å². The molecule has 2 aromatic rings. The highest BCUT2D eigenvalue weighted by molar-refractivity contribution is 6.12. The van der Waals surface area contributed by atoms with Crippen molar-refractivity contribution in [1.82, 2.24) is 0 Å². The highest BCUT2D eigenvalue weighted by Crippen LogP contribution is 2.29. The average molecular weight is 273 g/mol. The topological polar surface area (TPSA) is 110 Å². The number of aromatic hydroxyl groups is 2. The van der Waals surface area contributed by atoms with Gasteiger partial charge in [-0.15, -0.1) is 0 Å². The molecule has 0 aromatic heterocycles. The summed E-state index contributed by atoms with van der Waals surface area (Å²) in [5.74, 6) is -1.08. The molecule has 0 aliphatic rings. The highest BCUT2D eigenvalue weighted by atomic mass is 16.5.